The van der Waals surface area contributed by atoms with Crippen LogP contribution in [0.2, 0.25) is 0 Å². The largest absolute Gasteiger partial charge is 0.494 e. The Labute approximate surface area is 239 Å². The number of ether oxygens (including phenoxy) is 1. The Kier molecular flexibility index (Phi) is 12.5. The Balaban J connectivity index is 0.000000507. The van der Waals surface area contributed by atoms with E-state index in [4.69, 9.17) is 14.9 Å². The van der Waals surface area contributed by atoms with Crippen molar-refractivity contribution >= 4 is 35.5 Å². The molecule has 0 amide bonds. The second kappa shape index (κ2) is 16.3. The normalized spacial score (nSPS) is 17.5. The Morgan fingerprint density at radius 2 is 1.61 bits per heavy atom. The minimum Gasteiger partial charge on any atom is -0.494 e. The highest BCUT2D eigenvalue weighted by molar-refractivity contribution is 5.89. The number of nitrogens with zero attached hydrogens (tertiary/aromatic N) is 4. The van der Waals surface area contributed by atoms with Gasteiger partial charge in [0.05, 0.1) is 7.11 Å². The Morgan fingerprint density at radius 3 is 2.20 bits per heavy atom. The number of anilines is 4. The summed E-state index contributed by atoms with van der Waals surface area (Å²) < 4.78 is 19.2. The Bertz CT molecular complexity index is 1160. The average molecular weight is 574 g/mol. The molecule has 2 heterocycles. The SMILES string of the molecule is CCN1CCCC1CNc1nc(NCC2CCCCC2)nc(Nc2ccc(OC)c(F)c2)n1.O=C(O)C=CC(=O)O. The molecule has 2 aliphatic rings. The first-order valence-corrected chi connectivity index (χ1v) is 14.0. The predicted octanol–water partition coefficient (Wildman–Crippen LogP) is 4.36. The predicted molar refractivity (Wildman–Crippen MR) is 154 cm³/mol. The summed E-state index contributed by atoms with van der Waals surface area (Å²) in [5, 5.41) is 25.6. The lowest BCUT2D eigenvalue weighted by Crippen LogP contribution is -2.35. The number of aliphatic carboxylic acids is 2. The number of likely N-dealkylation sites (tertiary alicyclic amines) is 1. The number of carbonyl (C=O) groups is 2. The van der Waals surface area contributed by atoms with Gasteiger partial charge in [-0.3, -0.25) is 4.90 Å². The highest BCUT2D eigenvalue weighted by atomic mass is 19.1. The van der Waals surface area contributed by atoms with E-state index >= 15 is 0 Å². The fourth-order valence-electron chi connectivity index (χ4n) is 4.98. The van der Waals surface area contributed by atoms with Crippen LogP contribution in [0, 0.1) is 11.7 Å². The number of carboxylic acid groups (broad SMARTS) is 2. The molecule has 0 radical (unpaired) electrons. The van der Waals surface area contributed by atoms with Crippen LogP contribution in [-0.4, -0.2) is 81.3 Å². The van der Waals surface area contributed by atoms with Gasteiger partial charge in [-0.25, -0.2) is 14.0 Å². The summed E-state index contributed by atoms with van der Waals surface area (Å²) in [6.07, 6.45) is 9.92. The van der Waals surface area contributed by atoms with Gasteiger partial charge in [0.25, 0.3) is 0 Å². The molecule has 1 saturated heterocycles. The van der Waals surface area contributed by atoms with Crippen LogP contribution in [0.25, 0.3) is 0 Å². The third-order valence-corrected chi connectivity index (χ3v) is 7.09. The highest BCUT2D eigenvalue weighted by Crippen LogP contribution is 2.25. The molecule has 1 aromatic heterocycles. The topological polar surface area (TPSA) is 162 Å². The lowest BCUT2D eigenvalue weighted by atomic mass is 9.89. The summed E-state index contributed by atoms with van der Waals surface area (Å²) in [7, 11) is 1.45. The first-order valence-electron chi connectivity index (χ1n) is 14.0. The van der Waals surface area contributed by atoms with Crippen molar-refractivity contribution < 1.29 is 28.9 Å². The van der Waals surface area contributed by atoms with Crippen molar-refractivity contribution in [3.05, 3.63) is 36.2 Å². The Morgan fingerprint density at radius 1 is 0.976 bits per heavy atom. The highest BCUT2D eigenvalue weighted by Gasteiger charge is 2.23. The van der Waals surface area contributed by atoms with Crippen LogP contribution in [-0.2, 0) is 9.59 Å². The van der Waals surface area contributed by atoms with Crippen molar-refractivity contribution in [2.45, 2.75) is 57.9 Å². The fraction of sp³-hybridized carbons (Fsp3) is 0.536. The summed E-state index contributed by atoms with van der Waals surface area (Å²) in [4.78, 5) is 35.3. The summed E-state index contributed by atoms with van der Waals surface area (Å²) in [5.41, 5.74) is 0.552. The number of hydrogen-bond donors (Lipinski definition) is 5. The quantitative estimate of drug-likeness (QED) is 0.228. The van der Waals surface area contributed by atoms with Crippen LogP contribution in [0.1, 0.15) is 51.9 Å². The van der Waals surface area contributed by atoms with Crippen LogP contribution < -0.4 is 20.7 Å². The van der Waals surface area contributed by atoms with Crippen LogP contribution in [0.3, 0.4) is 0 Å². The number of aromatic nitrogens is 3. The molecule has 0 spiro atoms. The van der Waals surface area contributed by atoms with Crippen LogP contribution in [0.5, 0.6) is 5.75 Å². The van der Waals surface area contributed by atoms with Gasteiger partial charge in [0.15, 0.2) is 11.6 Å². The van der Waals surface area contributed by atoms with Crippen molar-refractivity contribution in [3.63, 3.8) is 0 Å². The molecule has 41 heavy (non-hydrogen) atoms. The smallest absolute Gasteiger partial charge is 0.328 e. The van der Waals surface area contributed by atoms with Gasteiger partial charge < -0.3 is 30.9 Å². The maximum absolute atomic E-state index is 14.2. The van der Waals surface area contributed by atoms with Gasteiger partial charge in [0.2, 0.25) is 17.8 Å². The maximum atomic E-state index is 14.2. The summed E-state index contributed by atoms with van der Waals surface area (Å²) in [6, 6.07) is 5.19. The van der Waals surface area contributed by atoms with E-state index in [9.17, 15) is 14.0 Å². The number of hydrogen-bond acceptors (Lipinski definition) is 10. The van der Waals surface area contributed by atoms with Crippen molar-refractivity contribution in [3.8, 4) is 5.75 Å². The van der Waals surface area contributed by atoms with E-state index in [0.29, 0.717) is 47.6 Å². The minimum atomic E-state index is -1.26. The zero-order chi connectivity index (χ0) is 29.6. The van der Waals surface area contributed by atoms with E-state index in [1.165, 1.54) is 58.1 Å². The first-order chi connectivity index (χ1) is 19.8. The maximum Gasteiger partial charge on any atom is 0.328 e. The van der Waals surface area contributed by atoms with Gasteiger partial charge in [-0.2, -0.15) is 15.0 Å². The fourth-order valence-corrected chi connectivity index (χ4v) is 4.98. The zero-order valence-corrected chi connectivity index (χ0v) is 23.6. The van der Waals surface area contributed by atoms with E-state index in [1.807, 2.05) is 0 Å². The number of methoxy groups -OCH3 is 1. The van der Waals surface area contributed by atoms with Crippen molar-refractivity contribution in [1.29, 1.82) is 0 Å². The summed E-state index contributed by atoms with van der Waals surface area (Å²) in [5.74, 6) is -0.668. The molecule has 2 aromatic rings. The van der Waals surface area contributed by atoms with E-state index < -0.39 is 17.8 Å². The molecule has 4 rings (SSSR count). The number of halogens is 1. The van der Waals surface area contributed by atoms with Gasteiger partial charge in [0.1, 0.15) is 0 Å². The molecule has 1 unspecified atom stereocenters. The molecule has 1 atom stereocenters. The van der Waals surface area contributed by atoms with Crippen molar-refractivity contribution in [2.24, 2.45) is 5.92 Å². The molecule has 12 nitrogen and oxygen atoms in total. The van der Waals surface area contributed by atoms with Gasteiger partial charge in [-0.15, -0.1) is 0 Å². The van der Waals surface area contributed by atoms with Gasteiger partial charge in [-0.05, 0) is 56.8 Å². The average Bonchev–Trinajstić information content (AvgIpc) is 3.43. The molecule has 2 fully saturated rings. The van der Waals surface area contributed by atoms with Crippen LogP contribution in [0.15, 0.2) is 30.4 Å². The monoisotopic (exact) mass is 573 g/mol. The number of likely N-dealkylation sites (N-methyl/N-ethyl adjacent to an activating group) is 1. The number of nitrogens with one attached hydrogen (secondary N) is 3. The third-order valence-electron chi connectivity index (χ3n) is 7.09. The molecule has 1 aliphatic carbocycles. The molecular weight excluding hydrogens is 533 g/mol. The minimum absolute atomic E-state index is 0.199. The van der Waals surface area contributed by atoms with Crippen molar-refractivity contribution in [1.82, 2.24) is 19.9 Å². The van der Waals surface area contributed by atoms with Gasteiger partial charge in [-0.1, -0.05) is 26.2 Å². The van der Waals surface area contributed by atoms with Crippen LogP contribution >= 0.6 is 0 Å². The molecule has 1 saturated carbocycles. The van der Waals surface area contributed by atoms with E-state index in [1.54, 1.807) is 12.1 Å². The second-order valence-corrected chi connectivity index (χ2v) is 9.98. The zero-order valence-electron chi connectivity index (χ0n) is 23.6. The van der Waals surface area contributed by atoms with Gasteiger partial charge in [0, 0.05) is 43.0 Å². The Hall–Kier alpha value is -4.00. The first kappa shape index (κ1) is 31.5. The summed E-state index contributed by atoms with van der Waals surface area (Å²) in [6.45, 7) is 6.03. The molecular formula is C28H40FN7O5. The van der Waals surface area contributed by atoms with Crippen LogP contribution in [0.4, 0.5) is 27.9 Å². The standard InChI is InChI=1S/C24H36FN7O.C4H4O4/c1-3-32-13-7-10-19(32)16-27-23-29-22(26-15-17-8-5-4-6-9-17)30-24(31-23)28-18-11-12-21(33-2)20(25)14-18;5-3(6)1-2-4(7)8/h11-12,14,17,19H,3-10,13,15-16H2,1-2H3,(H3,26,27,28,29,30,31);1-2H,(H,5,6)(H,7,8). The number of carboxylic acids is 2. The summed E-state index contributed by atoms with van der Waals surface area (Å²) >= 11 is 0. The number of benzene rings is 1. The van der Waals surface area contributed by atoms with E-state index in [2.05, 4.69) is 42.7 Å². The van der Waals surface area contributed by atoms with Gasteiger partial charge >= 0.3 is 11.9 Å². The van der Waals surface area contributed by atoms with E-state index in [0.717, 1.165) is 26.2 Å². The lowest BCUT2D eigenvalue weighted by molar-refractivity contribution is -0.134. The van der Waals surface area contributed by atoms with Crippen molar-refractivity contribution in [2.75, 3.05) is 49.2 Å². The molecule has 224 valence electrons. The third kappa shape index (κ3) is 10.8. The lowest BCUT2D eigenvalue weighted by Gasteiger charge is -2.23. The molecule has 0 bridgehead atoms. The molecule has 5 N–H and O–H groups in total. The second-order valence-electron chi connectivity index (χ2n) is 9.98. The van der Waals surface area contributed by atoms with E-state index in [-0.39, 0.29) is 5.75 Å². The molecule has 1 aromatic carbocycles. The number of rotatable bonds is 12. The molecule has 1 aliphatic heterocycles. The molecule has 13 heteroatoms.